The van der Waals surface area contributed by atoms with Crippen molar-refractivity contribution in [1.82, 2.24) is 9.88 Å². The Balaban J connectivity index is 1.36. The number of hydrogen-bond donors (Lipinski definition) is 2. The molecule has 3 aromatic rings. The smallest absolute Gasteiger partial charge is 0.274 e. The summed E-state index contributed by atoms with van der Waals surface area (Å²) in [6.45, 7) is 6.97. The van der Waals surface area contributed by atoms with E-state index in [1.807, 2.05) is 17.0 Å². The first kappa shape index (κ1) is 30.4. The van der Waals surface area contributed by atoms with Crippen LogP contribution in [-0.4, -0.2) is 33.3 Å². The molecule has 3 N–H and O–H groups in total. The molecule has 44 heavy (non-hydrogen) atoms. The van der Waals surface area contributed by atoms with Crippen molar-refractivity contribution in [3.05, 3.63) is 80.8 Å². The number of amides is 2. The van der Waals surface area contributed by atoms with Gasteiger partial charge >= 0.3 is 0 Å². The van der Waals surface area contributed by atoms with Crippen molar-refractivity contribution >= 4 is 28.8 Å². The molecule has 4 atom stereocenters. The van der Waals surface area contributed by atoms with Crippen molar-refractivity contribution in [3.63, 3.8) is 0 Å². The summed E-state index contributed by atoms with van der Waals surface area (Å²) in [6, 6.07) is 13.9. The van der Waals surface area contributed by atoms with Gasteiger partial charge in [0.25, 0.3) is 5.91 Å². The molecule has 2 saturated carbocycles. The van der Waals surface area contributed by atoms with Crippen LogP contribution in [0.5, 0.6) is 0 Å². The molecule has 2 bridgehead atoms. The standard InChI is InChI=1S/C37H44N4O2S/c1-5-7-8-30-19-28-18-27(35(38)42)11-14-31(28)34(41(30)36(43)32-22-44-33(6-2)39-32)26-9-12-29(13-10-26)40-37(4)20-24-15-23(3)16-25(17-24)21-37/h2,9-14,18,22-25,30,34,40H,5,7-8,15-17,19-21H2,1,3-4H3,(H2,38,42). The number of terminal acetylenes is 1. The van der Waals surface area contributed by atoms with E-state index in [0.717, 1.165) is 59.4 Å². The summed E-state index contributed by atoms with van der Waals surface area (Å²) in [5, 5.41) is 6.19. The molecule has 0 saturated heterocycles. The number of thiazole rings is 1. The van der Waals surface area contributed by atoms with Gasteiger partial charge in [0.05, 0.1) is 6.04 Å². The first-order valence-electron chi connectivity index (χ1n) is 16.2. The number of primary amides is 1. The van der Waals surface area contributed by atoms with Crippen LogP contribution in [0.1, 0.15) is 121 Å². The van der Waals surface area contributed by atoms with Crippen LogP contribution in [0.2, 0.25) is 0 Å². The molecule has 2 amide bonds. The molecule has 0 radical (unpaired) electrons. The minimum absolute atomic E-state index is 0.0557. The Morgan fingerprint density at radius 1 is 1.14 bits per heavy atom. The number of carbonyl (C=O) groups is 2. The Morgan fingerprint density at radius 3 is 2.50 bits per heavy atom. The Labute approximate surface area is 265 Å². The van der Waals surface area contributed by atoms with Crippen molar-refractivity contribution in [2.24, 2.45) is 23.5 Å². The molecule has 6 rings (SSSR count). The minimum atomic E-state index is -0.442. The number of nitrogens with one attached hydrogen (secondary N) is 1. The van der Waals surface area contributed by atoms with E-state index < -0.39 is 5.91 Å². The van der Waals surface area contributed by atoms with Crippen molar-refractivity contribution in [2.75, 3.05) is 5.32 Å². The second-order valence-corrected chi connectivity index (χ2v) is 14.7. The SMILES string of the molecule is C#Cc1nc(C(=O)N2C(CCCC)Cc3cc(C(N)=O)ccc3C2c2ccc(NC3(C)CC4CC(C)CC(C4)C3)cc2)cs1. The number of nitrogens with two attached hydrogens (primary N) is 1. The number of hydrogen-bond acceptors (Lipinski definition) is 5. The lowest BCUT2D eigenvalue weighted by atomic mass is 9.62. The van der Waals surface area contributed by atoms with Crippen LogP contribution >= 0.6 is 11.3 Å². The molecule has 4 unspecified atom stereocenters. The third-order valence-corrected chi connectivity index (χ3v) is 10.9. The molecule has 1 aliphatic heterocycles. The summed E-state index contributed by atoms with van der Waals surface area (Å²) in [4.78, 5) is 32.9. The topological polar surface area (TPSA) is 88.3 Å². The maximum atomic E-state index is 14.3. The van der Waals surface area contributed by atoms with Gasteiger partial charge in [0.1, 0.15) is 5.69 Å². The minimum Gasteiger partial charge on any atom is -0.380 e. The lowest BCUT2D eigenvalue weighted by molar-refractivity contribution is 0.0560. The molecule has 1 aromatic heterocycles. The van der Waals surface area contributed by atoms with Crippen LogP contribution in [0.4, 0.5) is 5.69 Å². The van der Waals surface area contributed by atoms with E-state index in [0.29, 0.717) is 22.7 Å². The summed E-state index contributed by atoms with van der Waals surface area (Å²) < 4.78 is 0. The van der Waals surface area contributed by atoms with Crippen molar-refractivity contribution < 1.29 is 9.59 Å². The van der Waals surface area contributed by atoms with E-state index in [-0.39, 0.29) is 23.5 Å². The molecule has 7 heteroatoms. The Bertz CT molecular complexity index is 1550. The van der Waals surface area contributed by atoms with Crippen LogP contribution in [0, 0.1) is 30.1 Å². The van der Waals surface area contributed by atoms with Gasteiger partial charge in [-0.2, -0.15) is 0 Å². The number of benzene rings is 2. The summed E-state index contributed by atoms with van der Waals surface area (Å²) in [5.74, 6) is 4.46. The highest BCUT2D eigenvalue weighted by molar-refractivity contribution is 7.10. The molecule has 3 aliphatic rings. The number of nitrogens with zero attached hydrogens (tertiary/aromatic N) is 2. The van der Waals surface area contributed by atoms with E-state index in [1.165, 1.54) is 43.4 Å². The highest BCUT2D eigenvalue weighted by atomic mass is 32.1. The second kappa shape index (κ2) is 12.4. The zero-order chi connectivity index (χ0) is 31.0. The van der Waals surface area contributed by atoms with Crippen molar-refractivity contribution in [1.29, 1.82) is 0 Å². The average Bonchev–Trinajstić information content (AvgIpc) is 3.48. The Kier molecular flexibility index (Phi) is 8.57. The molecule has 2 aromatic carbocycles. The van der Waals surface area contributed by atoms with E-state index >= 15 is 0 Å². The monoisotopic (exact) mass is 608 g/mol. The van der Waals surface area contributed by atoms with E-state index in [4.69, 9.17) is 12.2 Å². The number of aromatic nitrogens is 1. The van der Waals surface area contributed by atoms with Gasteiger partial charge in [-0.15, -0.1) is 17.8 Å². The fraction of sp³-hybridized carbons (Fsp3) is 0.486. The number of fused-ring (bicyclic) bond motifs is 3. The molecule has 2 fully saturated rings. The number of anilines is 1. The fourth-order valence-electron chi connectivity index (χ4n) is 8.58. The predicted octanol–water partition coefficient (Wildman–Crippen LogP) is 7.59. The first-order valence-corrected chi connectivity index (χ1v) is 17.1. The molecular formula is C37H44N4O2S. The Morgan fingerprint density at radius 2 is 1.86 bits per heavy atom. The van der Waals surface area contributed by atoms with E-state index in [1.54, 1.807) is 11.4 Å². The van der Waals surface area contributed by atoms with Gasteiger partial charge in [0.15, 0.2) is 5.01 Å². The fourth-order valence-corrected chi connectivity index (χ4v) is 9.17. The molecule has 6 nitrogen and oxygen atoms in total. The number of rotatable bonds is 8. The van der Waals surface area contributed by atoms with Crippen LogP contribution in [0.15, 0.2) is 47.8 Å². The third kappa shape index (κ3) is 6.15. The lowest BCUT2D eigenvalue weighted by Gasteiger charge is -2.48. The zero-order valence-electron chi connectivity index (χ0n) is 26.1. The van der Waals surface area contributed by atoms with Crippen molar-refractivity contribution in [2.45, 2.75) is 96.2 Å². The van der Waals surface area contributed by atoms with Gasteiger partial charge in [0, 0.05) is 28.2 Å². The molecule has 2 heterocycles. The Hall–Kier alpha value is -3.63. The average molecular weight is 609 g/mol. The van der Waals surface area contributed by atoms with Gasteiger partial charge in [-0.1, -0.05) is 44.9 Å². The zero-order valence-corrected chi connectivity index (χ0v) is 27.0. The molecule has 0 spiro atoms. The predicted molar refractivity (Wildman–Crippen MR) is 178 cm³/mol. The first-order chi connectivity index (χ1) is 21.2. The molecule has 230 valence electrons. The molecular weight excluding hydrogens is 565 g/mol. The van der Waals surface area contributed by atoms with E-state index in [2.05, 4.69) is 61.3 Å². The third-order valence-electron chi connectivity index (χ3n) is 10.1. The van der Waals surface area contributed by atoms with Crippen LogP contribution in [-0.2, 0) is 6.42 Å². The highest BCUT2D eigenvalue weighted by Crippen LogP contribution is 2.48. The van der Waals surface area contributed by atoms with Gasteiger partial charge in [-0.05, 0) is 116 Å². The van der Waals surface area contributed by atoms with Gasteiger partial charge in [-0.25, -0.2) is 4.98 Å². The van der Waals surface area contributed by atoms with Gasteiger partial charge in [-0.3, -0.25) is 9.59 Å². The number of carbonyl (C=O) groups excluding carboxylic acids is 2. The summed E-state index contributed by atoms with van der Waals surface area (Å²) >= 11 is 1.32. The van der Waals surface area contributed by atoms with Crippen LogP contribution in [0.3, 0.4) is 0 Å². The maximum absolute atomic E-state index is 14.3. The van der Waals surface area contributed by atoms with Crippen molar-refractivity contribution in [3.8, 4) is 12.3 Å². The van der Waals surface area contributed by atoms with Gasteiger partial charge in [0.2, 0.25) is 5.91 Å². The summed E-state index contributed by atoms with van der Waals surface area (Å²) in [6.07, 6.45) is 15.6. The van der Waals surface area contributed by atoms with Gasteiger partial charge < -0.3 is 16.0 Å². The maximum Gasteiger partial charge on any atom is 0.274 e. The lowest BCUT2D eigenvalue weighted by Crippen LogP contribution is -2.48. The largest absolute Gasteiger partial charge is 0.380 e. The summed E-state index contributed by atoms with van der Waals surface area (Å²) in [7, 11) is 0. The quantitative estimate of drug-likeness (QED) is 0.258. The number of unbranched alkanes of at least 4 members (excludes halogenated alkanes) is 1. The van der Waals surface area contributed by atoms with Crippen LogP contribution in [0.25, 0.3) is 0 Å². The highest BCUT2D eigenvalue weighted by Gasteiger charge is 2.42. The van der Waals surface area contributed by atoms with E-state index in [9.17, 15) is 9.59 Å². The summed E-state index contributed by atoms with van der Waals surface area (Å²) in [5.41, 5.74) is 10.9. The molecule has 2 aliphatic carbocycles. The second-order valence-electron chi connectivity index (χ2n) is 13.8. The van der Waals surface area contributed by atoms with Crippen LogP contribution < -0.4 is 11.1 Å². The normalized spacial score (nSPS) is 27.7.